The highest BCUT2D eigenvalue weighted by Gasteiger charge is 2.22. The molecule has 5 heteroatoms. The van der Waals surface area contributed by atoms with E-state index in [1.165, 1.54) is 0 Å². The van der Waals surface area contributed by atoms with Gasteiger partial charge in [0, 0.05) is 24.5 Å². The van der Waals surface area contributed by atoms with E-state index >= 15 is 0 Å². The third-order valence-corrected chi connectivity index (χ3v) is 4.70. The van der Waals surface area contributed by atoms with E-state index in [1.54, 1.807) is 6.07 Å². The largest absolute Gasteiger partial charge is 0.453 e. The molecule has 3 heterocycles. The molecule has 0 radical (unpaired) electrons. The number of carbonyl (C=O) groups is 1. The van der Waals surface area contributed by atoms with Gasteiger partial charge in [-0.15, -0.1) is 0 Å². The topological polar surface area (TPSA) is 59.5 Å². The molecule has 0 bridgehead atoms. The number of furan rings is 1. The Morgan fingerprint density at radius 1 is 1.21 bits per heavy atom. The van der Waals surface area contributed by atoms with E-state index in [-0.39, 0.29) is 12.3 Å². The van der Waals surface area contributed by atoms with E-state index in [0.717, 1.165) is 36.9 Å². The van der Waals surface area contributed by atoms with Gasteiger partial charge in [-0.1, -0.05) is 30.3 Å². The van der Waals surface area contributed by atoms with E-state index in [4.69, 9.17) is 8.94 Å². The monoisotopic (exact) mass is 324 g/mol. The highest BCUT2D eigenvalue weighted by Crippen LogP contribution is 2.28. The van der Waals surface area contributed by atoms with E-state index in [0.29, 0.717) is 23.1 Å². The van der Waals surface area contributed by atoms with Crippen molar-refractivity contribution in [2.24, 2.45) is 5.92 Å². The van der Waals surface area contributed by atoms with Gasteiger partial charge >= 0.3 is 0 Å². The van der Waals surface area contributed by atoms with Crippen LogP contribution in [0.1, 0.15) is 25.5 Å². The number of benzene rings is 1. The summed E-state index contributed by atoms with van der Waals surface area (Å²) in [5, 5.41) is 5.05. The van der Waals surface area contributed by atoms with Crippen LogP contribution in [0.5, 0.6) is 0 Å². The fourth-order valence-electron chi connectivity index (χ4n) is 3.14. The minimum Gasteiger partial charge on any atom is -0.453 e. The van der Waals surface area contributed by atoms with Gasteiger partial charge < -0.3 is 13.8 Å². The van der Waals surface area contributed by atoms with Crippen LogP contribution < -0.4 is 0 Å². The second kappa shape index (κ2) is 6.15. The quantitative estimate of drug-likeness (QED) is 0.733. The first-order valence-corrected chi connectivity index (χ1v) is 8.41. The number of aromatic nitrogens is 1. The molecule has 24 heavy (non-hydrogen) atoms. The molecule has 0 atom stereocenters. The fraction of sp³-hybridized carbons (Fsp3) is 0.368. The molecule has 2 aromatic heterocycles. The Hall–Kier alpha value is -2.56. The Kier molecular flexibility index (Phi) is 3.84. The molecule has 1 aliphatic rings. The van der Waals surface area contributed by atoms with Crippen LogP contribution in [-0.2, 0) is 11.2 Å². The molecule has 1 fully saturated rings. The summed E-state index contributed by atoms with van der Waals surface area (Å²) in [7, 11) is 0. The van der Waals surface area contributed by atoms with Gasteiger partial charge in [-0.05, 0) is 30.9 Å². The lowest BCUT2D eigenvalue weighted by Gasteiger charge is -2.30. The zero-order valence-electron chi connectivity index (χ0n) is 13.7. The van der Waals surface area contributed by atoms with Crippen LogP contribution in [0.15, 0.2) is 45.3 Å². The molecule has 1 aliphatic heterocycles. The molecule has 124 valence electrons. The van der Waals surface area contributed by atoms with Crippen molar-refractivity contribution < 1.29 is 13.7 Å². The number of likely N-dealkylation sites (tertiary alicyclic amines) is 1. The van der Waals surface area contributed by atoms with Crippen molar-refractivity contribution in [3.8, 4) is 11.5 Å². The molecular weight excluding hydrogens is 304 g/mol. The number of rotatable bonds is 3. The molecule has 0 unspecified atom stereocenters. The van der Waals surface area contributed by atoms with E-state index in [2.05, 4.69) is 12.1 Å². The maximum atomic E-state index is 12.4. The predicted octanol–water partition coefficient (Wildman–Crippen LogP) is 3.89. The van der Waals surface area contributed by atoms with Crippen molar-refractivity contribution in [2.75, 3.05) is 13.1 Å². The first kappa shape index (κ1) is 15.0. The third kappa shape index (κ3) is 2.94. The lowest BCUT2D eigenvalue weighted by molar-refractivity contribution is -0.131. The van der Waals surface area contributed by atoms with Gasteiger partial charge in [-0.3, -0.25) is 4.79 Å². The van der Waals surface area contributed by atoms with Crippen molar-refractivity contribution in [3.05, 3.63) is 42.1 Å². The third-order valence-electron chi connectivity index (χ3n) is 4.70. The first-order chi connectivity index (χ1) is 11.7. The zero-order valence-corrected chi connectivity index (χ0v) is 13.7. The number of nitrogens with zero attached hydrogens (tertiary/aromatic N) is 2. The number of para-hydroxylation sites is 1. The summed E-state index contributed by atoms with van der Waals surface area (Å²) in [6, 6.07) is 11.5. The number of hydrogen-bond acceptors (Lipinski definition) is 4. The van der Waals surface area contributed by atoms with Crippen molar-refractivity contribution in [2.45, 2.75) is 26.2 Å². The van der Waals surface area contributed by atoms with Crippen LogP contribution >= 0.6 is 0 Å². The van der Waals surface area contributed by atoms with E-state index < -0.39 is 0 Å². The Balaban J connectivity index is 1.47. The molecule has 4 rings (SSSR count). The van der Waals surface area contributed by atoms with Gasteiger partial charge in [0.2, 0.25) is 11.7 Å². The SMILES string of the molecule is CC1CCN(C(=O)Cc2cc(-c3cc4ccccc4o3)on2)CC1. The first-order valence-electron chi connectivity index (χ1n) is 8.41. The lowest BCUT2D eigenvalue weighted by Crippen LogP contribution is -2.38. The van der Waals surface area contributed by atoms with Crippen LogP contribution in [0.4, 0.5) is 0 Å². The van der Waals surface area contributed by atoms with Gasteiger partial charge in [0.15, 0.2) is 5.76 Å². The van der Waals surface area contributed by atoms with Gasteiger partial charge in [0.1, 0.15) is 5.58 Å². The predicted molar refractivity (Wildman–Crippen MR) is 90.4 cm³/mol. The minimum absolute atomic E-state index is 0.117. The summed E-state index contributed by atoms with van der Waals surface area (Å²) in [6.07, 6.45) is 2.43. The Bertz CT molecular complexity index is 823. The summed E-state index contributed by atoms with van der Waals surface area (Å²) >= 11 is 0. The van der Waals surface area contributed by atoms with Crippen LogP contribution in [0.2, 0.25) is 0 Å². The molecule has 0 saturated carbocycles. The number of amides is 1. The molecule has 1 saturated heterocycles. The van der Waals surface area contributed by atoms with Crippen molar-refractivity contribution in [1.82, 2.24) is 10.1 Å². The maximum absolute atomic E-state index is 12.4. The summed E-state index contributed by atoms with van der Waals surface area (Å²) in [5.74, 6) is 2.02. The molecular formula is C19H20N2O3. The van der Waals surface area contributed by atoms with Crippen LogP contribution in [0.25, 0.3) is 22.5 Å². The van der Waals surface area contributed by atoms with Crippen molar-refractivity contribution >= 4 is 16.9 Å². The second-order valence-electron chi connectivity index (χ2n) is 6.57. The minimum atomic E-state index is 0.117. The lowest BCUT2D eigenvalue weighted by atomic mass is 9.99. The molecule has 0 N–H and O–H groups in total. The van der Waals surface area contributed by atoms with E-state index in [9.17, 15) is 4.79 Å². The number of fused-ring (bicyclic) bond motifs is 1. The van der Waals surface area contributed by atoms with Crippen LogP contribution in [-0.4, -0.2) is 29.1 Å². The number of carbonyl (C=O) groups excluding carboxylic acids is 1. The summed E-state index contributed by atoms with van der Waals surface area (Å²) in [4.78, 5) is 14.3. The Labute approximate surface area is 140 Å². The second-order valence-corrected chi connectivity index (χ2v) is 6.57. The van der Waals surface area contributed by atoms with Gasteiger partial charge in [-0.25, -0.2) is 0 Å². The van der Waals surface area contributed by atoms with E-state index in [1.807, 2.05) is 35.2 Å². The average Bonchev–Trinajstić information content (AvgIpc) is 3.21. The van der Waals surface area contributed by atoms with Gasteiger partial charge in [0.05, 0.1) is 12.1 Å². The molecule has 5 nitrogen and oxygen atoms in total. The highest BCUT2D eigenvalue weighted by atomic mass is 16.5. The standard InChI is InChI=1S/C19H20N2O3/c1-13-6-8-21(9-7-13)19(22)12-15-11-18(24-20-15)17-10-14-4-2-3-5-16(14)23-17/h2-5,10-11,13H,6-9,12H2,1H3. The molecule has 3 aromatic rings. The molecule has 0 aliphatic carbocycles. The molecule has 1 aromatic carbocycles. The Morgan fingerprint density at radius 3 is 2.79 bits per heavy atom. The van der Waals surface area contributed by atoms with Crippen molar-refractivity contribution in [1.29, 1.82) is 0 Å². The van der Waals surface area contributed by atoms with Gasteiger partial charge in [-0.2, -0.15) is 0 Å². The van der Waals surface area contributed by atoms with Crippen LogP contribution in [0, 0.1) is 5.92 Å². The summed E-state index contributed by atoms with van der Waals surface area (Å²) < 4.78 is 11.1. The van der Waals surface area contributed by atoms with Gasteiger partial charge in [0.25, 0.3) is 0 Å². The Morgan fingerprint density at radius 2 is 2.00 bits per heavy atom. The highest BCUT2D eigenvalue weighted by molar-refractivity contribution is 5.82. The smallest absolute Gasteiger partial charge is 0.228 e. The molecule has 0 spiro atoms. The number of hydrogen-bond donors (Lipinski definition) is 0. The summed E-state index contributed by atoms with van der Waals surface area (Å²) in [6.45, 7) is 3.92. The fourth-order valence-corrected chi connectivity index (χ4v) is 3.14. The van der Waals surface area contributed by atoms with Crippen LogP contribution in [0.3, 0.4) is 0 Å². The van der Waals surface area contributed by atoms with Crippen molar-refractivity contribution in [3.63, 3.8) is 0 Å². The average molecular weight is 324 g/mol. The number of piperidine rings is 1. The summed E-state index contributed by atoms with van der Waals surface area (Å²) in [5.41, 5.74) is 1.46. The normalized spacial score (nSPS) is 16.0. The maximum Gasteiger partial charge on any atom is 0.228 e. The zero-order chi connectivity index (χ0) is 16.5. The molecule has 1 amide bonds.